The van der Waals surface area contributed by atoms with Gasteiger partial charge in [-0.15, -0.1) is 0 Å². The summed E-state index contributed by atoms with van der Waals surface area (Å²) in [6, 6.07) is 10.2. The van der Waals surface area contributed by atoms with Crippen molar-refractivity contribution >= 4 is 58.4 Å². The zero-order chi connectivity index (χ0) is 26.4. The number of esters is 1. The normalized spacial score (nSPS) is 17.2. The first-order chi connectivity index (χ1) is 17.2. The number of nitrogens with one attached hydrogen (secondary N) is 2. The van der Waals surface area contributed by atoms with Crippen molar-refractivity contribution in [1.82, 2.24) is 5.32 Å². The minimum Gasteiger partial charge on any atom is -0.491 e. The Labute approximate surface area is 220 Å². The molecule has 1 aliphatic rings. The van der Waals surface area contributed by atoms with E-state index in [2.05, 4.69) is 10.6 Å². The van der Waals surface area contributed by atoms with Crippen molar-refractivity contribution in [2.45, 2.75) is 12.8 Å². The third-order valence-electron chi connectivity index (χ3n) is 5.13. The van der Waals surface area contributed by atoms with E-state index in [9.17, 15) is 24.0 Å². The van der Waals surface area contributed by atoms with Gasteiger partial charge in [-0.25, -0.2) is 4.39 Å². The molecule has 1 heterocycles. The van der Waals surface area contributed by atoms with Crippen LogP contribution in [0.15, 0.2) is 47.0 Å². The van der Waals surface area contributed by atoms with Crippen LogP contribution in [0.3, 0.4) is 0 Å². The van der Waals surface area contributed by atoms with Crippen LogP contribution in [0.1, 0.15) is 18.4 Å². The first-order valence-corrected chi connectivity index (χ1v) is 12.3. The summed E-state index contributed by atoms with van der Waals surface area (Å²) in [6.07, 6.45) is 0. The second-order valence-electron chi connectivity index (χ2n) is 7.41. The number of halogens is 3. The smallest absolute Gasteiger partial charge is 0.319 e. The average Bonchev–Trinajstić information content (AvgIpc) is 2.85. The van der Waals surface area contributed by atoms with Crippen LogP contribution in [0.4, 0.5) is 10.1 Å². The van der Waals surface area contributed by atoms with Gasteiger partial charge in [0.25, 0.3) is 0 Å². The number of ether oxygens (including phenoxy) is 2. The molecule has 2 atom stereocenters. The second-order valence-corrected chi connectivity index (χ2v) is 9.21. The SMILES string of the molecule is CCOc1c(Cl)cc([C@@H]2C(C#N)=C(SCC(=O)Nc3ccc(F)cc3)NC(=O)[C@@H]2C(=O)OC)cc1Cl. The molecule has 0 aliphatic carbocycles. The van der Waals surface area contributed by atoms with Gasteiger partial charge >= 0.3 is 5.97 Å². The third kappa shape index (κ3) is 6.10. The topological polar surface area (TPSA) is 118 Å². The van der Waals surface area contributed by atoms with Crippen molar-refractivity contribution in [2.24, 2.45) is 5.92 Å². The van der Waals surface area contributed by atoms with Gasteiger partial charge in [0.1, 0.15) is 11.7 Å². The summed E-state index contributed by atoms with van der Waals surface area (Å²) in [5.41, 5.74) is 0.733. The van der Waals surface area contributed by atoms with E-state index < -0.39 is 35.4 Å². The number of hydrogen-bond donors (Lipinski definition) is 2. The maximum atomic E-state index is 13.1. The molecular weight excluding hydrogens is 532 g/mol. The van der Waals surface area contributed by atoms with Crippen LogP contribution >= 0.6 is 35.0 Å². The molecule has 0 unspecified atom stereocenters. The Kier molecular flexibility index (Phi) is 9.20. The van der Waals surface area contributed by atoms with Gasteiger partial charge in [-0.1, -0.05) is 35.0 Å². The molecule has 8 nitrogen and oxygen atoms in total. The van der Waals surface area contributed by atoms with Gasteiger partial charge in [0, 0.05) is 11.6 Å². The number of rotatable bonds is 8. The molecule has 3 rings (SSSR count). The summed E-state index contributed by atoms with van der Waals surface area (Å²) < 4.78 is 23.3. The average molecular weight is 552 g/mol. The van der Waals surface area contributed by atoms with Gasteiger partial charge in [0.05, 0.1) is 46.2 Å². The monoisotopic (exact) mass is 551 g/mol. The lowest BCUT2D eigenvalue weighted by Crippen LogP contribution is -2.44. The Hall–Kier alpha value is -3.26. The molecule has 2 aromatic carbocycles. The number of anilines is 1. The van der Waals surface area contributed by atoms with Crippen LogP contribution in [-0.2, 0) is 19.1 Å². The summed E-state index contributed by atoms with van der Waals surface area (Å²) in [6.45, 7) is 2.06. The zero-order valence-electron chi connectivity index (χ0n) is 19.1. The maximum absolute atomic E-state index is 13.1. The first-order valence-electron chi connectivity index (χ1n) is 10.5. The highest BCUT2D eigenvalue weighted by atomic mass is 35.5. The van der Waals surface area contributed by atoms with Crippen molar-refractivity contribution in [3.05, 3.63) is 68.4 Å². The molecule has 0 bridgehead atoms. The molecule has 1 aliphatic heterocycles. The van der Waals surface area contributed by atoms with E-state index in [1.54, 1.807) is 6.92 Å². The predicted molar refractivity (Wildman–Crippen MR) is 134 cm³/mol. The highest BCUT2D eigenvalue weighted by molar-refractivity contribution is 8.03. The number of nitriles is 1. The van der Waals surface area contributed by atoms with Crippen LogP contribution in [0.5, 0.6) is 5.75 Å². The fourth-order valence-electron chi connectivity index (χ4n) is 3.59. The Morgan fingerprint density at radius 2 is 1.86 bits per heavy atom. The number of allylic oxidation sites excluding steroid dienone is 1. The molecule has 0 fully saturated rings. The van der Waals surface area contributed by atoms with E-state index in [4.69, 9.17) is 32.7 Å². The molecule has 0 radical (unpaired) electrons. The largest absolute Gasteiger partial charge is 0.491 e. The van der Waals surface area contributed by atoms with Gasteiger partial charge in [0.15, 0.2) is 5.75 Å². The van der Waals surface area contributed by atoms with Gasteiger partial charge < -0.3 is 20.1 Å². The molecule has 0 aromatic heterocycles. The molecule has 12 heteroatoms. The number of benzene rings is 2. The molecule has 2 aromatic rings. The lowest BCUT2D eigenvalue weighted by molar-refractivity contribution is -0.150. The van der Waals surface area contributed by atoms with E-state index in [0.717, 1.165) is 18.9 Å². The van der Waals surface area contributed by atoms with Gasteiger partial charge in [-0.3, -0.25) is 14.4 Å². The highest BCUT2D eigenvalue weighted by Gasteiger charge is 2.44. The van der Waals surface area contributed by atoms with Crippen LogP contribution in [0, 0.1) is 23.1 Å². The van der Waals surface area contributed by atoms with E-state index >= 15 is 0 Å². The fraction of sp³-hybridized carbons (Fsp3) is 0.250. The zero-order valence-corrected chi connectivity index (χ0v) is 21.4. The van der Waals surface area contributed by atoms with Crippen molar-refractivity contribution in [2.75, 3.05) is 24.8 Å². The van der Waals surface area contributed by atoms with E-state index in [-0.39, 0.29) is 32.1 Å². The van der Waals surface area contributed by atoms with Gasteiger partial charge in [0.2, 0.25) is 11.8 Å². The quantitative estimate of drug-likeness (QED) is 0.362. The highest BCUT2D eigenvalue weighted by Crippen LogP contribution is 2.44. The minimum absolute atomic E-state index is 0.0286. The van der Waals surface area contributed by atoms with Gasteiger partial charge in [-0.05, 0) is 48.9 Å². The van der Waals surface area contributed by atoms with Crippen molar-refractivity contribution in [1.29, 1.82) is 5.26 Å². The first kappa shape index (κ1) is 27.3. The van der Waals surface area contributed by atoms with Crippen molar-refractivity contribution in [3.63, 3.8) is 0 Å². The number of nitrogens with zero attached hydrogens (tertiary/aromatic N) is 1. The third-order valence-corrected chi connectivity index (χ3v) is 6.71. The minimum atomic E-state index is -1.40. The fourth-order valence-corrected chi connectivity index (χ4v) is 5.05. The second kappa shape index (κ2) is 12.1. The summed E-state index contributed by atoms with van der Waals surface area (Å²) in [5.74, 6) is -4.90. The number of hydrogen-bond acceptors (Lipinski definition) is 7. The molecule has 2 N–H and O–H groups in total. The molecule has 2 amide bonds. The summed E-state index contributed by atoms with van der Waals surface area (Å²) in [7, 11) is 1.13. The number of carbonyl (C=O) groups excluding carboxylic acids is 3. The number of methoxy groups -OCH3 is 1. The van der Waals surface area contributed by atoms with E-state index in [1.165, 1.54) is 36.4 Å². The standard InChI is InChI=1S/C24H20Cl2FN3O5S/c1-3-35-21-16(25)8-12(9-17(21)26)19-15(10-28)23(30-22(32)20(19)24(33)34-2)36-11-18(31)29-14-6-4-13(27)5-7-14/h4-9,19-20H,3,11H2,1-2H3,(H,29,31)(H,30,32)/t19-,20-/m1/s1. The predicted octanol–water partition coefficient (Wildman–Crippen LogP) is 4.64. The van der Waals surface area contributed by atoms with Crippen molar-refractivity contribution in [3.8, 4) is 11.8 Å². The van der Waals surface area contributed by atoms with Crippen LogP contribution in [0.2, 0.25) is 10.0 Å². The summed E-state index contributed by atoms with van der Waals surface area (Å²) in [4.78, 5) is 37.9. The Balaban J connectivity index is 1.96. The maximum Gasteiger partial charge on any atom is 0.319 e. The lowest BCUT2D eigenvalue weighted by Gasteiger charge is -2.31. The number of carbonyl (C=O) groups is 3. The van der Waals surface area contributed by atoms with E-state index in [0.29, 0.717) is 17.9 Å². The molecule has 0 spiro atoms. The Morgan fingerprint density at radius 1 is 1.22 bits per heavy atom. The summed E-state index contributed by atoms with van der Waals surface area (Å²) >= 11 is 13.6. The van der Waals surface area contributed by atoms with Crippen molar-refractivity contribution < 1.29 is 28.2 Å². The molecule has 0 saturated heterocycles. The van der Waals surface area contributed by atoms with Crippen LogP contribution in [0.25, 0.3) is 0 Å². The van der Waals surface area contributed by atoms with E-state index in [1.807, 2.05) is 6.07 Å². The number of amides is 2. The summed E-state index contributed by atoms with van der Waals surface area (Å²) in [5, 5.41) is 15.5. The Bertz CT molecular complexity index is 1240. The molecule has 188 valence electrons. The molecule has 36 heavy (non-hydrogen) atoms. The molecule has 0 saturated carbocycles. The lowest BCUT2D eigenvalue weighted by atomic mass is 9.78. The van der Waals surface area contributed by atoms with Gasteiger partial charge in [-0.2, -0.15) is 5.26 Å². The Morgan fingerprint density at radius 3 is 2.42 bits per heavy atom. The number of thioether (sulfide) groups is 1. The molecular formula is C24H20Cl2FN3O5S. The van der Waals surface area contributed by atoms with Crippen LogP contribution in [-0.4, -0.2) is 37.3 Å². The van der Waals surface area contributed by atoms with Crippen LogP contribution < -0.4 is 15.4 Å².